The first-order chi connectivity index (χ1) is 16.2. The lowest BCUT2D eigenvalue weighted by molar-refractivity contribution is -0.137. The van der Waals surface area contributed by atoms with E-state index in [4.69, 9.17) is 0 Å². The van der Waals surface area contributed by atoms with Gasteiger partial charge in [-0.25, -0.2) is 0 Å². The molecule has 2 aliphatic heterocycles. The maximum Gasteiger partial charge on any atom is 0.238 e. The summed E-state index contributed by atoms with van der Waals surface area (Å²) in [6.07, 6.45) is 6.40. The fourth-order valence-corrected chi connectivity index (χ4v) is 4.51. The van der Waals surface area contributed by atoms with E-state index >= 15 is 0 Å². The summed E-state index contributed by atoms with van der Waals surface area (Å²) in [5.74, 6) is 0.400. The summed E-state index contributed by atoms with van der Waals surface area (Å²) in [6.45, 7) is 3.74. The molecule has 0 spiro atoms. The van der Waals surface area contributed by atoms with E-state index in [1.807, 2.05) is 54.6 Å². The van der Waals surface area contributed by atoms with Crippen molar-refractivity contribution in [2.24, 2.45) is 16.1 Å². The van der Waals surface area contributed by atoms with Crippen molar-refractivity contribution in [3.05, 3.63) is 54.6 Å². The molecule has 2 aliphatic rings. The van der Waals surface area contributed by atoms with E-state index in [0.717, 1.165) is 68.9 Å². The number of azo groups is 1. The normalized spacial score (nSPS) is 18.2. The summed E-state index contributed by atoms with van der Waals surface area (Å²) in [5.41, 5.74) is 2.27. The number of piperidine rings is 1. The smallest absolute Gasteiger partial charge is 0.238 e. The molecule has 1 N–H and O–H groups in total. The Hall–Kier alpha value is -3.06. The summed E-state index contributed by atoms with van der Waals surface area (Å²) in [7, 11) is 0. The molecule has 2 heterocycles. The van der Waals surface area contributed by atoms with Crippen molar-refractivity contribution in [1.82, 2.24) is 9.80 Å². The highest BCUT2D eigenvalue weighted by Crippen LogP contribution is 2.23. The van der Waals surface area contributed by atoms with Crippen LogP contribution in [-0.4, -0.2) is 54.3 Å². The molecule has 0 saturated carbocycles. The molecule has 7 heteroatoms. The van der Waals surface area contributed by atoms with Gasteiger partial charge in [-0.05, 0) is 75.2 Å². The van der Waals surface area contributed by atoms with Crippen LogP contribution in [0.3, 0.4) is 0 Å². The van der Waals surface area contributed by atoms with Crippen LogP contribution < -0.4 is 5.32 Å². The van der Waals surface area contributed by atoms with Gasteiger partial charge in [0.05, 0.1) is 17.9 Å². The van der Waals surface area contributed by atoms with Crippen molar-refractivity contribution in [2.45, 2.75) is 38.5 Å². The number of amides is 2. The molecule has 0 unspecified atom stereocenters. The lowest BCUT2D eigenvalue weighted by Gasteiger charge is -2.33. The predicted octanol–water partition coefficient (Wildman–Crippen LogP) is 5.16. The van der Waals surface area contributed by atoms with Crippen molar-refractivity contribution < 1.29 is 9.59 Å². The number of hydrogen-bond donors (Lipinski definition) is 1. The Morgan fingerprint density at radius 2 is 1.39 bits per heavy atom. The molecule has 0 aliphatic carbocycles. The number of benzene rings is 2. The van der Waals surface area contributed by atoms with E-state index in [-0.39, 0.29) is 11.8 Å². The second kappa shape index (κ2) is 11.7. The standard InChI is InChI=1S/C26H33N5O2/c32-25(27-22-10-12-24(13-11-22)29-28-23-8-4-3-5-9-23)20-30-18-14-21(15-19-30)26(33)31-16-6-1-2-7-17-31/h3-5,8-13,21H,1-2,6-7,14-20H2,(H,27,32). The zero-order valence-electron chi connectivity index (χ0n) is 19.2. The van der Waals surface area contributed by atoms with Crippen LogP contribution in [0.4, 0.5) is 17.1 Å². The molecule has 2 saturated heterocycles. The van der Waals surface area contributed by atoms with Gasteiger partial charge >= 0.3 is 0 Å². The van der Waals surface area contributed by atoms with Crippen LogP contribution in [0.25, 0.3) is 0 Å². The van der Waals surface area contributed by atoms with Crippen LogP contribution in [0.2, 0.25) is 0 Å². The minimum Gasteiger partial charge on any atom is -0.342 e. The van der Waals surface area contributed by atoms with Gasteiger partial charge in [0, 0.05) is 24.7 Å². The van der Waals surface area contributed by atoms with E-state index in [9.17, 15) is 9.59 Å². The Morgan fingerprint density at radius 1 is 0.788 bits per heavy atom. The molecule has 0 bridgehead atoms. The van der Waals surface area contributed by atoms with Crippen molar-refractivity contribution >= 4 is 28.9 Å². The number of nitrogens with one attached hydrogen (secondary N) is 1. The molecule has 33 heavy (non-hydrogen) atoms. The number of nitrogens with zero attached hydrogens (tertiary/aromatic N) is 4. The Kier molecular flexibility index (Phi) is 8.19. The van der Waals surface area contributed by atoms with E-state index < -0.39 is 0 Å². The van der Waals surface area contributed by atoms with E-state index in [1.54, 1.807) is 0 Å². The molecule has 174 valence electrons. The molecule has 0 atom stereocenters. The maximum atomic E-state index is 12.8. The molecular formula is C26H33N5O2. The molecule has 2 amide bonds. The van der Waals surface area contributed by atoms with Crippen LogP contribution in [0, 0.1) is 5.92 Å². The molecule has 2 fully saturated rings. The summed E-state index contributed by atoms with van der Waals surface area (Å²) >= 11 is 0. The van der Waals surface area contributed by atoms with Crippen molar-refractivity contribution in [3.63, 3.8) is 0 Å². The predicted molar refractivity (Wildman–Crippen MR) is 130 cm³/mol. The average Bonchev–Trinajstić information content (AvgIpc) is 3.14. The average molecular weight is 448 g/mol. The second-order valence-corrected chi connectivity index (χ2v) is 8.92. The van der Waals surface area contributed by atoms with E-state index in [0.29, 0.717) is 12.5 Å². The highest BCUT2D eigenvalue weighted by atomic mass is 16.2. The Bertz CT molecular complexity index is 929. The zero-order chi connectivity index (χ0) is 22.9. The SMILES string of the molecule is O=C(CN1CCC(C(=O)N2CCCCCC2)CC1)Nc1ccc(N=Nc2ccccc2)cc1. The van der Waals surface area contributed by atoms with Crippen molar-refractivity contribution in [3.8, 4) is 0 Å². The molecule has 2 aromatic carbocycles. The first-order valence-electron chi connectivity index (χ1n) is 12.1. The molecule has 7 nitrogen and oxygen atoms in total. The van der Waals surface area contributed by atoms with Crippen LogP contribution in [0.1, 0.15) is 38.5 Å². The van der Waals surface area contributed by atoms with Crippen LogP contribution in [-0.2, 0) is 9.59 Å². The maximum absolute atomic E-state index is 12.8. The van der Waals surface area contributed by atoms with Gasteiger partial charge in [0.2, 0.25) is 11.8 Å². The third-order valence-corrected chi connectivity index (χ3v) is 6.41. The number of rotatable bonds is 6. The molecule has 4 rings (SSSR count). The molecule has 0 radical (unpaired) electrons. The minimum atomic E-state index is -0.0362. The molecular weight excluding hydrogens is 414 g/mol. The molecule has 0 aromatic heterocycles. The first kappa shape index (κ1) is 23.1. The number of anilines is 1. The highest BCUT2D eigenvalue weighted by Gasteiger charge is 2.29. The summed E-state index contributed by atoms with van der Waals surface area (Å²) in [4.78, 5) is 29.6. The van der Waals surface area contributed by atoms with Crippen LogP contribution in [0.5, 0.6) is 0 Å². The van der Waals surface area contributed by atoms with Gasteiger partial charge in [-0.2, -0.15) is 10.2 Å². The summed E-state index contributed by atoms with van der Waals surface area (Å²) in [6, 6.07) is 16.9. The van der Waals surface area contributed by atoms with E-state index in [2.05, 4.69) is 25.3 Å². The quantitative estimate of drug-likeness (QED) is 0.622. The lowest BCUT2D eigenvalue weighted by Crippen LogP contribution is -2.44. The van der Waals surface area contributed by atoms with Gasteiger partial charge in [0.1, 0.15) is 0 Å². The van der Waals surface area contributed by atoms with Gasteiger partial charge in [-0.1, -0.05) is 31.0 Å². The topological polar surface area (TPSA) is 77.4 Å². The third-order valence-electron chi connectivity index (χ3n) is 6.41. The number of carbonyl (C=O) groups is 2. The van der Waals surface area contributed by atoms with Gasteiger partial charge in [0.25, 0.3) is 0 Å². The Labute approximate surface area is 195 Å². The Balaban J connectivity index is 1.20. The fraction of sp³-hybridized carbons (Fsp3) is 0.462. The van der Waals surface area contributed by atoms with Crippen molar-refractivity contribution in [1.29, 1.82) is 0 Å². The zero-order valence-corrected chi connectivity index (χ0v) is 19.2. The van der Waals surface area contributed by atoms with Crippen LogP contribution >= 0.6 is 0 Å². The highest BCUT2D eigenvalue weighted by molar-refractivity contribution is 5.92. The van der Waals surface area contributed by atoms with Gasteiger partial charge < -0.3 is 10.2 Å². The van der Waals surface area contributed by atoms with Crippen molar-refractivity contribution in [2.75, 3.05) is 38.0 Å². The number of carbonyl (C=O) groups excluding carboxylic acids is 2. The van der Waals surface area contributed by atoms with Crippen LogP contribution in [0.15, 0.2) is 64.8 Å². The van der Waals surface area contributed by atoms with Gasteiger partial charge in [-0.3, -0.25) is 14.5 Å². The van der Waals surface area contributed by atoms with E-state index in [1.165, 1.54) is 12.8 Å². The van der Waals surface area contributed by atoms with Gasteiger partial charge in [-0.15, -0.1) is 0 Å². The summed E-state index contributed by atoms with van der Waals surface area (Å²) < 4.78 is 0. The largest absolute Gasteiger partial charge is 0.342 e. The third kappa shape index (κ3) is 6.96. The molecule has 2 aromatic rings. The number of likely N-dealkylation sites (tertiary alicyclic amines) is 2. The van der Waals surface area contributed by atoms with Gasteiger partial charge in [0.15, 0.2) is 0 Å². The summed E-state index contributed by atoms with van der Waals surface area (Å²) in [5, 5.41) is 11.4. The monoisotopic (exact) mass is 447 g/mol. The number of hydrogen-bond acceptors (Lipinski definition) is 5. The Morgan fingerprint density at radius 3 is 2.03 bits per heavy atom. The fourth-order valence-electron chi connectivity index (χ4n) is 4.51. The second-order valence-electron chi connectivity index (χ2n) is 8.92. The minimum absolute atomic E-state index is 0.0362. The first-order valence-corrected chi connectivity index (χ1v) is 12.1. The lowest BCUT2D eigenvalue weighted by atomic mass is 9.95.